The molecule has 0 aliphatic carbocycles. The molecule has 0 N–H and O–H groups in total. The van der Waals surface area contributed by atoms with Crippen LogP contribution in [0.25, 0.3) is 0 Å². The molecule has 0 amide bonds. The summed E-state index contributed by atoms with van der Waals surface area (Å²) in [5.41, 5.74) is 0. The van der Waals surface area contributed by atoms with Gasteiger partial charge in [0.1, 0.15) is 0 Å². The van der Waals surface area contributed by atoms with Crippen molar-refractivity contribution in [3.8, 4) is 0 Å². The van der Waals surface area contributed by atoms with Crippen LogP contribution in [0.15, 0.2) is 0 Å². The quantitative estimate of drug-likeness (QED) is 0.103. The normalized spacial score (nSPS) is 17.7. The molecule has 0 rings (SSSR count). The Morgan fingerprint density at radius 1 is 0.459 bits per heavy atom. The molecule has 0 aromatic carbocycles. The smallest absolute Gasteiger partial charge is 0.184 e. The lowest BCUT2D eigenvalue weighted by Gasteiger charge is -2.47. The van der Waals surface area contributed by atoms with Crippen molar-refractivity contribution in [1.29, 1.82) is 0 Å². The highest BCUT2D eigenvalue weighted by Gasteiger charge is 2.47. The maximum atomic E-state index is 7.15. The van der Waals surface area contributed by atoms with Crippen molar-refractivity contribution in [3.63, 3.8) is 0 Å². The fourth-order valence-corrected chi connectivity index (χ4v) is 11.6. The van der Waals surface area contributed by atoms with E-state index in [9.17, 15) is 0 Å². The van der Waals surface area contributed by atoms with Crippen LogP contribution in [0.5, 0.6) is 0 Å². The molecule has 0 heterocycles. The van der Waals surface area contributed by atoms with E-state index in [-0.39, 0.29) is 29.0 Å². The van der Waals surface area contributed by atoms with Crippen molar-refractivity contribution < 1.29 is 22.1 Å². The molecule has 0 aromatic rings. The first-order valence-electron chi connectivity index (χ1n) is 14.0. The zero-order chi connectivity index (χ0) is 29.5. The van der Waals surface area contributed by atoms with Gasteiger partial charge in [-0.2, -0.15) is 0 Å². The maximum Gasteiger partial charge on any atom is 0.184 e. The van der Waals surface area contributed by atoms with Crippen LogP contribution in [0.1, 0.15) is 13.8 Å². The Hall–Kier alpha value is 1.58. The molecule has 4 atom stereocenters. The summed E-state index contributed by atoms with van der Waals surface area (Å²) in [6, 6.07) is 0. The van der Waals surface area contributed by atoms with Crippen LogP contribution < -0.4 is 0 Å². The van der Waals surface area contributed by atoms with Crippen molar-refractivity contribution in [3.05, 3.63) is 0 Å². The fourth-order valence-electron chi connectivity index (χ4n) is 3.73. The summed E-state index contributed by atoms with van der Waals surface area (Å²) in [6.45, 7) is 39.0. The maximum absolute atomic E-state index is 7.15. The molecule has 0 aliphatic heterocycles. The molecule has 12 heteroatoms. The standard InChI is InChI=1S/C25H62O5S2Si5/c1-18-31-25(32-19-2)24(30-37(15,16)17)23(29-36(12,13)14)22(28-35(9,10)11)21(27-34(6,7)8)20-26-33(3,4)5/h21-25H,18-20H2,1-17H3/t21-,22-,23+,24+/m0/s1. The van der Waals surface area contributed by atoms with Crippen LogP contribution in [-0.2, 0) is 22.1 Å². The lowest BCUT2D eigenvalue weighted by Crippen LogP contribution is -2.61. The minimum Gasteiger partial charge on any atom is -0.415 e. The summed E-state index contributed by atoms with van der Waals surface area (Å²) in [7, 11) is -9.54. The zero-order valence-corrected chi connectivity index (χ0v) is 34.0. The average Bonchev–Trinajstić information content (AvgIpc) is 2.62. The van der Waals surface area contributed by atoms with E-state index in [1.54, 1.807) is 0 Å². The first-order valence-corrected chi connectivity index (χ1v) is 33.1. The Balaban J connectivity index is 7.05. The van der Waals surface area contributed by atoms with Crippen LogP contribution in [0.3, 0.4) is 0 Å². The summed E-state index contributed by atoms with van der Waals surface area (Å²) in [5.74, 6) is 2.08. The molecule has 0 aliphatic rings. The van der Waals surface area contributed by atoms with Gasteiger partial charge in [-0.1, -0.05) is 13.8 Å². The van der Waals surface area contributed by atoms with Crippen molar-refractivity contribution in [1.82, 2.24) is 0 Å². The number of rotatable bonds is 19. The molecule has 0 radical (unpaired) electrons. The van der Waals surface area contributed by atoms with E-state index in [0.29, 0.717) is 6.61 Å². The van der Waals surface area contributed by atoms with Crippen LogP contribution in [0.2, 0.25) is 98.2 Å². The Labute approximate surface area is 245 Å². The fraction of sp³-hybridized carbons (Fsp3) is 1.00. The average molecular weight is 647 g/mol. The molecule has 0 saturated heterocycles. The molecule has 0 bridgehead atoms. The highest BCUT2D eigenvalue weighted by atomic mass is 32.2. The van der Waals surface area contributed by atoms with Gasteiger partial charge in [0.05, 0.1) is 35.6 Å². The van der Waals surface area contributed by atoms with Crippen molar-refractivity contribution in [2.45, 2.75) is 141 Å². The van der Waals surface area contributed by atoms with E-state index in [1.165, 1.54) is 0 Å². The topological polar surface area (TPSA) is 46.2 Å². The highest BCUT2D eigenvalue weighted by Crippen LogP contribution is 2.37. The predicted octanol–water partition coefficient (Wildman–Crippen LogP) is 8.55. The van der Waals surface area contributed by atoms with E-state index >= 15 is 0 Å². The minimum absolute atomic E-state index is 0.0886. The summed E-state index contributed by atoms with van der Waals surface area (Å²) in [4.78, 5) is 0. The third-order valence-electron chi connectivity index (χ3n) is 4.60. The van der Waals surface area contributed by atoms with Crippen LogP contribution in [-0.4, -0.2) is 88.7 Å². The van der Waals surface area contributed by atoms with Gasteiger partial charge in [0.15, 0.2) is 41.6 Å². The molecule has 0 unspecified atom stereocenters. The van der Waals surface area contributed by atoms with Crippen LogP contribution in [0, 0.1) is 0 Å². The second-order valence-electron chi connectivity index (χ2n) is 14.6. The molecule has 0 fully saturated rings. The molecule has 0 aromatic heterocycles. The Bertz CT molecular complexity index is 634. The van der Waals surface area contributed by atoms with E-state index < -0.39 is 41.6 Å². The van der Waals surface area contributed by atoms with E-state index in [1.807, 2.05) is 23.5 Å². The van der Waals surface area contributed by atoms with Gasteiger partial charge in [-0.3, -0.25) is 0 Å². The van der Waals surface area contributed by atoms with Gasteiger partial charge in [0, 0.05) is 0 Å². The van der Waals surface area contributed by atoms with E-state index in [4.69, 9.17) is 22.1 Å². The lowest BCUT2D eigenvalue weighted by molar-refractivity contribution is -0.0839. The molecule has 224 valence electrons. The van der Waals surface area contributed by atoms with Gasteiger partial charge in [-0.25, -0.2) is 0 Å². The predicted molar refractivity (Wildman–Crippen MR) is 182 cm³/mol. The first kappa shape index (κ1) is 38.6. The second kappa shape index (κ2) is 15.7. The van der Waals surface area contributed by atoms with Gasteiger partial charge in [0.25, 0.3) is 0 Å². The van der Waals surface area contributed by atoms with Crippen LogP contribution >= 0.6 is 23.5 Å². The summed E-state index contributed by atoms with van der Waals surface area (Å²) in [5, 5.41) is 0. The number of hydrogen-bond acceptors (Lipinski definition) is 7. The summed E-state index contributed by atoms with van der Waals surface area (Å²) >= 11 is 3.95. The largest absolute Gasteiger partial charge is 0.415 e. The molecular weight excluding hydrogens is 585 g/mol. The number of hydrogen-bond donors (Lipinski definition) is 0. The lowest BCUT2D eigenvalue weighted by atomic mass is 10.0. The Morgan fingerprint density at radius 3 is 1.14 bits per heavy atom. The Morgan fingerprint density at radius 2 is 0.811 bits per heavy atom. The SMILES string of the molecule is CCSC(SCC)[C@H](O[Si](C)(C)C)[C@H](O[Si](C)(C)C)[C@@H](O[Si](C)(C)C)[C@H](CO[Si](C)(C)C)O[Si](C)(C)C. The third kappa shape index (κ3) is 19.4. The Kier molecular flexibility index (Phi) is 16.4. The van der Waals surface area contributed by atoms with Crippen molar-refractivity contribution in [2.24, 2.45) is 0 Å². The zero-order valence-electron chi connectivity index (χ0n) is 27.4. The van der Waals surface area contributed by atoms with Gasteiger partial charge >= 0.3 is 0 Å². The van der Waals surface area contributed by atoms with Crippen molar-refractivity contribution in [2.75, 3.05) is 18.1 Å². The van der Waals surface area contributed by atoms with Gasteiger partial charge < -0.3 is 22.1 Å². The van der Waals surface area contributed by atoms with Crippen molar-refractivity contribution >= 4 is 65.1 Å². The molecule has 0 saturated carbocycles. The number of thioether (sulfide) groups is 2. The van der Waals surface area contributed by atoms with E-state index in [2.05, 4.69) is 112 Å². The minimum atomic E-state index is -1.98. The molecular formula is C25H62O5S2Si5. The van der Waals surface area contributed by atoms with E-state index in [0.717, 1.165) is 11.5 Å². The molecule has 37 heavy (non-hydrogen) atoms. The molecule has 5 nitrogen and oxygen atoms in total. The van der Waals surface area contributed by atoms with Gasteiger partial charge in [-0.15, -0.1) is 23.5 Å². The second-order valence-corrected chi connectivity index (χ2v) is 40.0. The molecule has 0 spiro atoms. The third-order valence-corrected chi connectivity index (χ3v) is 12.3. The van der Waals surface area contributed by atoms with Gasteiger partial charge in [-0.05, 0) is 110 Å². The summed E-state index contributed by atoms with van der Waals surface area (Å²) in [6.07, 6.45) is -0.757. The highest BCUT2D eigenvalue weighted by molar-refractivity contribution is 8.17. The monoisotopic (exact) mass is 646 g/mol. The van der Waals surface area contributed by atoms with Gasteiger partial charge in [0.2, 0.25) is 0 Å². The summed E-state index contributed by atoms with van der Waals surface area (Å²) < 4.78 is 35.1. The van der Waals surface area contributed by atoms with Crippen LogP contribution in [0.4, 0.5) is 0 Å². The first-order chi connectivity index (χ1) is 16.4.